The van der Waals surface area contributed by atoms with Crippen LogP contribution in [0.1, 0.15) is 16.7 Å². The predicted octanol–water partition coefficient (Wildman–Crippen LogP) is 7.11. The molecule has 4 rings (SSSR count). The number of nitrogens with zero attached hydrogens (tertiary/aromatic N) is 2. The molecular formula is C23H16Cl2F3N3. The molecule has 0 unspecified atom stereocenters. The highest BCUT2D eigenvalue weighted by Gasteiger charge is 2.30. The summed E-state index contributed by atoms with van der Waals surface area (Å²) in [5.74, 6) is 0. The fraction of sp³-hybridized carbons (Fsp3) is 0.0870. The summed E-state index contributed by atoms with van der Waals surface area (Å²) in [6.45, 7) is 4.27. The second kappa shape index (κ2) is 8.29. The van der Waals surface area contributed by atoms with Crippen LogP contribution in [0.4, 0.5) is 13.2 Å². The number of hydrogen-bond acceptors (Lipinski definition) is 2. The summed E-state index contributed by atoms with van der Waals surface area (Å²) in [4.78, 5) is 0. The Morgan fingerprint density at radius 3 is 2.52 bits per heavy atom. The minimum absolute atomic E-state index is 0.208. The molecule has 0 aliphatic rings. The Balaban J connectivity index is 1.59. The molecule has 0 fully saturated rings. The minimum Gasteiger partial charge on any atom is -0.381 e. The number of halogens is 5. The van der Waals surface area contributed by atoms with Gasteiger partial charge in [0.15, 0.2) is 0 Å². The molecular weight excluding hydrogens is 446 g/mol. The molecule has 3 aromatic carbocycles. The molecule has 0 spiro atoms. The van der Waals surface area contributed by atoms with Crippen LogP contribution in [0.3, 0.4) is 0 Å². The molecule has 0 saturated carbocycles. The zero-order valence-electron chi connectivity index (χ0n) is 16.0. The Morgan fingerprint density at radius 2 is 1.77 bits per heavy atom. The normalized spacial score (nSPS) is 11.6. The quantitative estimate of drug-likeness (QED) is 0.343. The van der Waals surface area contributed by atoms with Crippen LogP contribution in [-0.4, -0.2) is 9.78 Å². The Labute approximate surface area is 186 Å². The number of rotatable bonds is 5. The summed E-state index contributed by atoms with van der Waals surface area (Å²) in [5.41, 5.74) is 2.80. The molecule has 8 heteroatoms. The maximum absolute atomic E-state index is 12.9. The maximum Gasteiger partial charge on any atom is 0.416 e. The van der Waals surface area contributed by atoms with Crippen LogP contribution in [-0.2, 0) is 12.7 Å². The van der Waals surface area contributed by atoms with Crippen molar-refractivity contribution in [1.29, 1.82) is 0 Å². The summed E-state index contributed by atoms with van der Waals surface area (Å²) >= 11 is 12.1. The van der Waals surface area contributed by atoms with Gasteiger partial charge in [-0.15, -0.1) is 0 Å². The van der Waals surface area contributed by atoms with E-state index in [0.29, 0.717) is 21.3 Å². The number of nitrogens with one attached hydrogen (secondary N) is 1. The molecule has 1 aromatic heterocycles. The Hall–Kier alpha value is -2.96. The number of fused-ring (bicyclic) bond motifs is 1. The van der Waals surface area contributed by atoms with Crippen molar-refractivity contribution in [2.24, 2.45) is 0 Å². The average Bonchev–Trinajstić information content (AvgIpc) is 3.18. The lowest BCUT2D eigenvalue weighted by molar-refractivity contribution is -0.137. The topological polar surface area (TPSA) is 29.9 Å². The lowest BCUT2D eigenvalue weighted by atomic mass is 10.1. The van der Waals surface area contributed by atoms with Gasteiger partial charge in [-0.1, -0.05) is 54.0 Å². The molecule has 158 valence electrons. The lowest BCUT2D eigenvalue weighted by Crippen LogP contribution is -2.12. The fourth-order valence-corrected chi connectivity index (χ4v) is 3.59. The number of aromatic nitrogens is 2. The SMILES string of the molecule is C=C(NCc1cccc(C(F)(F)F)c1)c1cccc2c1cnn2-c1ccc(Cl)c(Cl)c1. The van der Waals surface area contributed by atoms with E-state index < -0.39 is 11.7 Å². The zero-order valence-corrected chi connectivity index (χ0v) is 17.6. The Morgan fingerprint density at radius 1 is 1.00 bits per heavy atom. The Bertz CT molecular complexity index is 1280. The standard InChI is InChI=1S/C23H16Cl2F3N3/c1-14(29-12-15-4-2-5-16(10-15)23(26,27)28)18-6-3-7-22-19(18)13-30-31(22)17-8-9-20(24)21(25)11-17/h2-11,13,29H,1,12H2. The van der Waals surface area contributed by atoms with E-state index in [9.17, 15) is 13.2 Å². The van der Waals surface area contributed by atoms with Gasteiger partial charge < -0.3 is 5.32 Å². The highest BCUT2D eigenvalue weighted by Crippen LogP contribution is 2.30. The van der Waals surface area contributed by atoms with Crippen molar-refractivity contribution in [3.8, 4) is 5.69 Å². The van der Waals surface area contributed by atoms with E-state index in [1.54, 1.807) is 29.1 Å². The molecule has 0 aliphatic carbocycles. The molecule has 0 aliphatic heterocycles. The monoisotopic (exact) mass is 461 g/mol. The van der Waals surface area contributed by atoms with Gasteiger partial charge in [-0.05, 0) is 42.0 Å². The van der Waals surface area contributed by atoms with E-state index in [-0.39, 0.29) is 6.54 Å². The predicted molar refractivity (Wildman–Crippen MR) is 118 cm³/mol. The molecule has 0 radical (unpaired) electrons. The lowest BCUT2D eigenvalue weighted by Gasteiger charge is -2.13. The van der Waals surface area contributed by atoms with Crippen molar-refractivity contribution in [1.82, 2.24) is 15.1 Å². The summed E-state index contributed by atoms with van der Waals surface area (Å²) in [5, 5.41) is 9.29. The third-order valence-electron chi connectivity index (χ3n) is 4.85. The molecule has 0 atom stereocenters. The van der Waals surface area contributed by atoms with Crippen LogP contribution in [0.2, 0.25) is 10.0 Å². The molecule has 0 saturated heterocycles. The molecule has 4 aromatic rings. The van der Waals surface area contributed by atoms with Crippen LogP contribution in [0.25, 0.3) is 22.3 Å². The summed E-state index contributed by atoms with van der Waals surface area (Å²) in [7, 11) is 0. The summed E-state index contributed by atoms with van der Waals surface area (Å²) in [6, 6.07) is 16.1. The molecule has 3 nitrogen and oxygen atoms in total. The molecule has 0 bridgehead atoms. The fourth-order valence-electron chi connectivity index (χ4n) is 3.30. The van der Waals surface area contributed by atoms with Gasteiger partial charge >= 0.3 is 6.18 Å². The minimum atomic E-state index is -4.38. The van der Waals surface area contributed by atoms with Crippen LogP contribution in [0, 0.1) is 0 Å². The first-order chi connectivity index (χ1) is 14.7. The third kappa shape index (κ3) is 4.40. The van der Waals surface area contributed by atoms with E-state index >= 15 is 0 Å². The second-order valence-corrected chi connectivity index (χ2v) is 7.74. The molecule has 31 heavy (non-hydrogen) atoms. The first-order valence-corrected chi connectivity index (χ1v) is 10.0. The van der Waals surface area contributed by atoms with Gasteiger partial charge in [-0.3, -0.25) is 0 Å². The van der Waals surface area contributed by atoms with Gasteiger partial charge in [0.2, 0.25) is 0 Å². The number of benzene rings is 3. The van der Waals surface area contributed by atoms with Gasteiger partial charge in [-0.2, -0.15) is 18.3 Å². The zero-order chi connectivity index (χ0) is 22.2. The second-order valence-electron chi connectivity index (χ2n) is 6.92. The van der Waals surface area contributed by atoms with Crippen LogP contribution in [0.5, 0.6) is 0 Å². The van der Waals surface area contributed by atoms with Gasteiger partial charge in [-0.25, -0.2) is 4.68 Å². The van der Waals surface area contributed by atoms with Crippen molar-refractivity contribution in [3.05, 3.63) is 100 Å². The highest BCUT2D eigenvalue weighted by molar-refractivity contribution is 6.42. The third-order valence-corrected chi connectivity index (χ3v) is 5.59. The Kier molecular flexibility index (Phi) is 5.69. The summed E-state index contributed by atoms with van der Waals surface area (Å²) in [6.07, 6.45) is -2.66. The first kappa shape index (κ1) is 21.3. The molecule has 1 N–H and O–H groups in total. The van der Waals surface area contributed by atoms with Crippen LogP contribution in [0.15, 0.2) is 73.4 Å². The highest BCUT2D eigenvalue weighted by atomic mass is 35.5. The van der Waals surface area contributed by atoms with Crippen LogP contribution < -0.4 is 5.32 Å². The number of hydrogen-bond donors (Lipinski definition) is 1. The van der Waals surface area contributed by atoms with Crippen molar-refractivity contribution in [2.45, 2.75) is 12.7 Å². The van der Waals surface area contributed by atoms with Crippen molar-refractivity contribution >= 4 is 39.8 Å². The van der Waals surface area contributed by atoms with E-state index in [1.165, 1.54) is 6.07 Å². The van der Waals surface area contributed by atoms with Gasteiger partial charge in [0.1, 0.15) is 0 Å². The van der Waals surface area contributed by atoms with Gasteiger partial charge in [0, 0.05) is 23.2 Å². The first-order valence-electron chi connectivity index (χ1n) is 9.25. The van der Waals surface area contributed by atoms with E-state index in [4.69, 9.17) is 23.2 Å². The molecule has 0 amide bonds. The largest absolute Gasteiger partial charge is 0.416 e. The van der Waals surface area contributed by atoms with Gasteiger partial charge in [0.25, 0.3) is 0 Å². The van der Waals surface area contributed by atoms with Crippen molar-refractivity contribution < 1.29 is 13.2 Å². The number of alkyl halides is 3. The van der Waals surface area contributed by atoms with E-state index in [2.05, 4.69) is 17.0 Å². The van der Waals surface area contributed by atoms with Gasteiger partial charge in [0.05, 0.1) is 33.0 Å². The van der Waals surface area contributed by atoms with E-state index in [0.717, 1.165) is 34.3 Å². The maximum atomic E-state index is 12.9. The van der Waals surface area contributed by atoms with Crippen molar-refractivity contribution in [2.75, 3.05) is 0 Å². The van der Waals surface area contributed by atoms with E-state index in [1.807, 2.05) is 24.3 Å². The van der Waals surface area contributed by atoms with Crippen LogP contribution >= 0.6 is 23.2 Å². The molecule has 1 heterocycles. The van der Waals surface area contributed by atoms with Crippen molar-refractivity contribution in [3.63, 3.8) is 0 Å². The smallest absolute Gasteiger partial charge is 0.381 e. The summed E-state index contributed by atoms with van der Waals surface area (Å²) < 4.78 is 40.5. The average molecular weight is 462 g/mol.